The van der Waals surface area contributed by atoms with Crippen LogP contribution in [0.5, 0.6) is 11.5 Å². The van der Waals surface area contributed by atoms with Gasteiger partial charge in [-0.3, -0.25) is 9.78 Å². The lowest BCUT2D eigenvalue weighted by molar-refractivity contribution is 0.394. The highest BCUT2D eigenvalue weighted by Crippen LogP contribution is 2.23. The third-order valence-electron chi connectivity index (χ3n) is 3.63. The lowest BCUT2D eigenvalue weighted by Crippen LogP contribution is -2.10. The van der Waals surface area contributed by atoms with Gasteiger partial charge in [-0.1, -0.05) is 30.3 Å². The Labute approximate surface area is 150 Å². The predicted molar refractivity (Wildman–Crippen MR) is 101 cm³/mol. The van der Waals surface area contributed by atoms with E-state index in [4.69, 9.17) is 9.47 Å². The van der Waals surface area contributed by atoms with Crippen LogP contribution in [0, 0.1) is 0 Å². The molecule has 0 aliphatic heterocycles. The molecular weight excluding hydrogens is 332 g/mol. The number of benzene rings is 2. The molecular formula is C19H18N4O3. The second-order valence-corrected chi connectivity index (χ2v) is 5.32. The molecule has 1 heterocycles. The molecule has 0 unspecified atom stereocenters. The minimum atomic E-state index is -0.265. The first-order chi connectivity index (χ1) is 12.7. The summed E-state index contributed by atoms with van der Waals surface area (Å²) in [5.74, 6) is 1.56. The second-order valence-electron chi connectivity index (χ2n) is 5.32. The number of nitrogens with one attached hydrogen (secondary N) is 2. The first-order valence-electron chi connectivity index (χ1n) is 7.87. The van der Waals surface area contributed by atoms with Gasteiger partial charge in [0.15, 0.2) is 0 Å². The normalized spacial score (nSPS) is 10.7. The molecule has 0 bridgehead atoms. The number of hydrogen-bond donors (Lipinski definition) is 2. The summed E-state index contributed by atoms with van der Waals surface area (Å²) in [6.07, 6.45) is 1.58. The van der Waals surface area contributed by atoms with E-state index in [0.717, 1.165) is 11.1 Å². The summed E-state index contributed by atoms with van der Waals surface area (Å²) in [5, 5.41) is 4.12. The number of aromatic amines is 1. The van der Waals surface area contributed by atoms with Gasteiger partial charge in [-0.2, -0.15) is 5.10 Å². The highest BCUT2D eigenvalue weighted by molar-refractivity contribution is 5.84. The van der Waals surface area contributed by atoms with Gasteiger partial charge in [-0.25, -0.2) is 10.4 Å². The van der Waals surface area contributed by atoms with Crippen molar-refractivity contribution in [1.29, 1.82) is 0 Å². The van der Waals surface area contributed by atoms with Gasteiger partial charge in [0, 0.05) is 23.3 Å². The van der Waals surface area contributed by atoms with Crippen molar-refractivity contribution in [3.63, 3.8) is 0 Å². The highest BCUT2D eigenvalue weighted by Gasteiger charge is 2.04. The fourth-order valence-electron chi connectivity index (χ4n) is 2.36. The molecule has 0 aliphatic carbocycles. The molecule has 0 fully saturated rings. The molecule has 2 N–H and O–H groups in total. The van der Waals surface area contributed by atoms with Crippen LogP contribution in [-0.2, 0) is 0 Å². The molecule has 3 rings (SSSR count). The summed E-state index contributed by atoms with van der Waals surface area (Å²) in [7, 11) is 3.16. The van der Waals surface area contributed by atoms with Crippen molar-refractivity contribution in [2.45, 2.75) is 0 Å². The van der Waals surface area contributed by atoms with Crippen molar-refractivity contribution < 1.29 is 9.47 Å². The lowest BCUT2D eigenvalue weighted by atomic mass is 10.1. The maximum atomic E-state index is 11.9. The molecule has 0 atom stereocenters. The number of ether oxygens (including phenoxy) is 2. The monoisotopic (exact) mass is 350 g/mol. The van der Waals surface area contributed by atoms with Crippen LogP contribution in [0.3, 0.4) is 0 Å². The van der Waals surface area contributed by atoms with E-state index in [1.165, 1.54) is 6.07 Å². The van der Waals surface area contributed by atoms with E-state index in [1.54, 1.807) is 32.6 Å². The number of nitrogens with zero attached hydrogens (tertiary/aromatic N) is 2. The smallest absolute Gasteiger partial charge is 0.252 e. The predicted octanol–water partition coefficient (Wildman–Crippen LogP) is 2.90. The largest absolute Gasteiger partial charge is 0.497 e. The average molecular weight is 350 g/mol. The van der Waals surface area contributed by atoms with Gasteiger partial charge in [0.25, 0.3) is 5.56 Å². The number of anilines is 1. The minimum absolute atomic E-state index is 0.250. The molecule has 132 valence electrons. The Hall–Kier alpha value is -3.61. The van der Waals surface area contributed by atoms with E-state index >= 15 is 0 Å². The number of aromatic nitrogens is 2. The van der Waals surface area contributed by atoms with Gasteiger partial charge in [-0.05, 0) is 12.1 Å². The maximum Gasteiger partial charge on any atom is 0.252 e. The van der Waals surface area contributed by atoms with Crippen LogP contribution in [0.4, 0.5) is 5.95 Å². The average Bonchev–Trinajstić information content (AvgIpc) is 2.68. The van der Waals surface area contributed by atoms with Crippen LogP contribution in [0.25, 0.3) is 11.3 Å². The molecule has 0 spiro atoms. The Morgan fingerprint density at radius 2 is 1.88 bits per heavy atom. The Morgan fingerprint density at radius 3 is 2.62 bits per heavy atom. The van der Waals surface area contributed by atoms with Crippen LogP contribution in [0.1, 0.15) is 5.56 Å². The highest BCUT2D eigenvalue weighted by atomic mass is 16.5. The summed E-state index contributed by atoms with van der Waals surface area (Å²) in [6, 6.07) is 16.3. The Kier molecular flexibility index (Phi) is 5.28. The van der Waals surface area contributed by atoms with Crippen molar-refractivity contribution in [2.24, 2.45) is 5.10 Å². The molecule has 3 aromatic rings. The third kappa shape index (κ3) is 4.07. The van der Waals surface area contributed by atoms with Crippen molar-refractivity contribution in [3.05, 3.63) is 70.5 Å². The molecule has 0 saturated carbocycles. The summed E-state index contributed by atoms with van der Waals surface area (Å²) in [4.78, 5) is 18.8. The quantitative estimate of drug-likeness (QED) is 0.527. The van der Waals surface area contributed by atoms with Gasteiger partial charge < -0.3 is 9.47 Å². The molecule has 0 radical (unpaired) electrons. The van der Waals surface area contributed by atoms with Gasteiger partial charge in [-0.15, -0.1) is 0 Å². The number of methoxy groups -OCH3 is 2. The molecule has 7 nitrogen and oxygen atoms in total. The summed E-state index contributed by atoms with van der Waals surface area (Å²) >= 11 is 0. The van der Waals surface area contributed by atoms with Gasteiger partial charge in [0.2, 0.25) is 5.95 Å². The van der Waals surface area contributed by atoms with Gasteiger partial charge in [0.05, 0.1) is 26.1 Å². The summed E-state index contributed by atoms with van der Waals surface area (Å²) < 4.78 is 10.5. The van der Waals surface area contributed by atoms with E-state index in [1.807, 2.05) is 36.4 Å². The zero-order valence-corrected chi connectivity index (χ0v) is 14.4. The zero-order valence-electron chi connectivity index (χ0n) is 14.4. The molecule has 0 saturated heterocycles. The molecule has 0 amide bonds. The van der Waals surface area contributed by atoms with Gasteiger partial charge >= 0.3 is 0 Å². The summed E-state index contributed by atoms with van der Waals surface area (Å²) in [5.41, 5.74) is 4.64. The van der Waals surface area contributed by atoms with Crippen LogP contribution < -0.4 is 20.5 Å². The van der Waals surface area contributed by atoms with E-state index in [-0.39, 0.29) is 11.5 Å². The lowest BCUT2D eigenvalue weighted by Gasteiger charge is -2.07. The minimum Gasteiger partial charge on any atom is -0.497 e. The first kappa shape index (κ1) is 17.2. The SMILES string of the molecule is COc1ccc(/C=N/Nc2nc(-c3ccccc3)cc(=O)[nH]2)c(OC)c1. The molecule has 0 aliphatic rings. The van der Waals surface area contributed by atoms with E-state index in [9.17, 15) is 4.79 Å². The maximum absolute atomic E-state index is 11.9. The molecule has 26 heavy (non-hydrogen) atoms. The molecule has 2 aromatic carbocycles. The van der Waals surface area contributed by atoms with Crippen molar-refractivity contribution >= 4 is 12.2 Å². The van der Waals surface area contributed by atoms with E-state index in [0.29, 0.717) is 17.2 Å². The molecule has 1 aromatic heterocycles. The fourth-order valence-corrected chi connectivity index (χ4v) is 2.36. The molecule has 7 heteroatoms. The van der Waals surface area contributed by atoms with Crippen molar-refractivity contribution in [1.82, 2.24) is 9.97 Å². The second kappa shape index (κ2) is 7.98. The Morgan fingerprint density at radius 1 is 1.08 bits per heavy atom. The number of H-pyrrole nitrogens is 1. The fraction of sp³-hybridized carbons (Fsp3) is 0.105. The Balaban J connectivity index is 1.81. The van der Waals surface area contributed by atoms with E-state index in [2.05, 4.69) is 20.5 Å². The van der Waals surface area contributed by atoms with E-state index < -0.39 is 0 Å². The standard InChI is InChI=1S/C19H18N4O3/c1-25-15-9-8-14(17(10-15)26-2)12-20-23-19-21-16(11-18(24)22-19)13-6-4-3-5-7-13/h3-12H,1-2H3,(H2,21,22,23,24)/b20-12+. The van der Waals surface area contributed by atoms with Crippen molar-refractivity contribution in [2.75, 3.05) is 19.6 Å². The van der Waals surface area contributed by atoms with Crippen LogP contribution in [-0.4, -0.2) is 30.4 Å². The van der Waals surface area contributed by atoms with Crippen LogP contribution in [0.15, 0.2) is 64.5 Å². The van der Waals surface area contributed by atoms with Crippen molar-refractivity contribution in [3.8, 4) is 22.8 Å². The van der Waals surface area contributed by atoms with Crippen LogP contribution >= 0.6 is 0 Å². The number of hydrazone groups is 1. The van der Waals surface area contributed by atoms with Gasteiger partial charge in [0.1, 0.15) is 11.5 Å². The topological polar surface area (TPSA) is 88.6 Å². The van der Waals surface area contributed by atoms with Crippen LogP contribution in [0.2, 0.25) is 0 Å². The number of hydrogen-bond acceptors (Lipinski definition) is 6. The number of rotatable bonds is 6. The summed E-state index contributed by atoms with van der Waals surface area (Å²) in [6.45, 7) is 0. The first-order valence-corrected chi connectivity index (χ1v) is 7.87. The third-order valence-corrected chi connectivity index (χ3v) is 3.63. The Bertz CT molecular complexity index is 968. The zero-order chi connectivity index (χ0) is 18.4.